The van der Waals surface area contributed by atoms with Crippen molar-refractivity contribution in [3.63, 3.8) is 0 Å². The molecule has 186 valence electrons. The van der Waals surface area contributed by atoms with Gasteiger partial charge in [0.1, 0.15) is 5.39 Å². The van der Waals surface area contributed by atoms with Gasteiger partial charge in [-0.05, 0) is 69.5 Å². The van der Waals surface area contributed by atoms with Crippen molar-refractivity contribution in [3.05, 3.63) is 81.5 Å². The molecule has 10 nitrogen and oxygen atoms in total. The Hall–Kier alpha value is -4.05. The first-order valence-electron chi connectivity index (χ1n) is 12.2. The molecule has 1 aliphatic rings. The van der Waals surface area contributed by atoms with E-state index in [1.165, 1.54) is 27.2 Å². The summed E-state index contributed by atoms with van der Waals surface area (Å²) in [5, 5.41) is 11.5. The second-order valence-electron chi connectivity index (χ2n) is 9.26. The highest BCUT2D eigenvalue weighted by Crippen LogP contribution is 2.27. The summed E-state index contributed by atoms with van der Waals surface area (Å²) in [6.07, 6.45) is 5.44. The van der Waals surface area contributed by atoms with E-state index in [4.69, 9.17) is 0 Å². The number of rotatable bonds is 7. The number of fused-ring (bicyclic) bond motifs is 1. The predicted octanol–water partition coefficient (Wildman–Crippen LogP) is 3.12. The Kier molecular flexibility index (Phi) is 6.51. The summed E-state index contributed by atoms with van der Waals surface area (Å²) in [4.78, 5) is 34.5. The van der Waals surface area contributed by atoms with Gasteiger partial charge >= 0.3 is 0 Å². The summed E-state index contributed by atoms with van der Waals surface area (Å²) in [6.45, 7) is 9.88. The summed E-state index contributed by atoms with van der Waals surface area (Å²) in [7, 11) is 0. The van der Waals surface area contributed by atoms with Crippen molar-refractivity contribution >= 4 is 22.7 Å². The molecule has 0 saturated carbocycles. The molecule has 0 amide bonds. The third-order valence-electron chi connectivity index (χ3n) is 6.47. The monoisotopic (exact) mass is 486 g/mol. The minimum Gasteiger partial charge on any atom is -0.324 e. The molecular formula is C26H30N8O2. The Labute approximate surface area is 208 Å². The van der Waals surface area contributed by atoms with Gasteiger partial charge in [0.05, 0.1) is 12.6 Å². The van der Waals surface area contributed by atoms with E-state index in [0.29, 0.717) is 28.7 Å². The van der Waals surface area contributed by atoms with Crippen LogP contribution in [0.5, 0.6) is 0 Å². The average molecular weight is 487 g/mol. The van der Waals surface area contributed by atoms with Crippen molar-refractivity contribution in [2.45, 2.75) is 45.2 Å². The lowest BCUT2D eigenvalue weighted by Gasteiger charge is -2.23. The number of nitrogens with one attached hydrogen (secondary N) is 2. The highest BCUT2D eigenvalue weighted by atomic mass is 16.1. The van der Waals surface area contributed by atoms with Crippen molar-refractivity contribution in [2.24, 2.45) is 0 Å². The van der Waals surface area contributed by atoms with Crippen LogP contribution < -0.4 is 21.8 Å². The van der Waals surface area contributed by atoms with Crippen LogP contribution in [0.1, 0.15) is 44.2 Å². The van der Waals surface area contributed by atoms with Gasteiger partial charge in [-0.3, -0.25) is 9.59 Å². The number of hydrogen-bond acceptors (Lipinski definition) is 7. The summed E-state index contributed by atoms with van der Waals surface area (Å²) >= 11 is 0. The number of allylic oxidation sites excluding steroid dienone is 1. The topological polar surface area (TPSA) is 112 Å². The van der Waals surface area contributed by atoms with Crippen molar-refractivity contribution in [2.75, 3.05) is 18.4 Å². The van der Waals surface area contributed by atoms with E-state index in [0.717, 1.165) is 31.6 Å². The Bertz CT molecular complexity index is 1510. The van der Waals surface area contributed by atoms with E-state index in [1.807, 2.05) is 26.0 Å². The van der Waals surface area contributed by atoms with Crippen LogP contribution in [-0.2, 0) is 6.54 Å². The maximum atomic E-state index is 13.1. The van der Waals surface area contributed by atoms with E-state index in [9.17, 15) is 9.59 Å². The van der Waals surface area contributed by atoms with Gasteiger partial charge in [0.25, 0.3) is 11.1 Å². The Balaban J connectivity index is 1.54. The summed E-state index contributed by atoms with van der Waals surface area (Å²) in [5.74, 6) is 1.35. The molecule has 1 saturated heterocycles. The third-order valence-corrected chi connectivity index (χ3v) is 6.47. The molecule has 10 heteroatoms. The Morgan fingerprint density at radius 3 is 2.58 bits per heavy atom. The van der Waals surface area contributed by atoms with Gasteiger partial charge in [0.2, 0.25) is 5.95 Å². The molecule has 4 heterocycles. The molecule has 1 fully saturated rings. The first-order valence-corrected chi connectivity index (χ1v) is 12.2. The second-order valence-corrected chi connectivity index (χ2v) is 9.26. The van der Waals surface area contributed by atoms with E-state index >= 15 is 0 Å². The number of piperidine rings is 1. The number of aromatic nitrogens is 6. The summed E-state index contributed by atoms with van der Waals surface area (Å²) in [5.41, 5.74) is 2.12. The highest BCUT2D eigenvalue weighted by molar-refractivity contribution is 5.77. The van der Waals surface area contributed by atoms with E-state index in [-0.39, 0.29) is 23.7 Å². The molecule has 4 aromatic rings. The van der Waals surface area contributed by atoms with Gasteiger partial charge < -0.3 is 10.6 Å². The zero-order valence-corrected chi connectivity index (χ0v) is 20.5. The van der Waals surface area contributed by atoms with Gasteiger partial charge in [-0.15, -0.1) is 11.7 Å². The molecule has 0 aliphatic carbocycles. The van der Waals surface area contributed by atoms with Crippen LogP contribution >= 0.6 is 0 Å². The molecule has 0 atom stereocenters. The van der Waals surface area contributed by atoms with E-state index in [1.54, 1.807) is 16.8 Å². The van der Waals surface area contributed by atoms with Gasteiger partial charge in [-0.2, -0.15) is 4.98 Å². The van der Waals surface area contributed by atoms with Crippen LogP contribution in [0.3, 0.4) is 0 Å². The Morgan fingerprint density at radius 1 is 1.14 bits per heavy atom. The lowest BCUT2D eigenvalue weighted by atomic mass is 9.90. The minimum absolute atomic E-state index is 0.140. The maximum Gasteiger partial charge on any atom is 0.278 e. The summed E-state index contributed by atoms with van der Waals surface area (Å²) in [6, 6.07) is 11.2. The molecule has 0 radical (unpaired) electrons. The molecule has 36 heavy (non-hydrogen) atoms. The SMILES string of the molecule is C=CCn1c(=O)c2cnc(Nc3ccc(C4CCNCC4)cc3)nc2n1-c1ccc(=O)n(C(C)C)n1. The lowest BCUT2D eigenvalue weighted by Crippen LogP contribution is -2.28. The highest BCUT2D eigenvalue weighted by Gasteiger charge is 2.19. The fourth-order valence-corrected chi connectivity index (χ4v) is 4.63. The standard InChI is InChI=1S/C26H30N8O2/c1-4-15-32-25(36)21-16-28-26(29-20-7-5-18(6-8-20)19-11-13-27-14-12-19)30-24(21)34(32)22-9-10-23(35)33(31-22)17(2)3/h4-10,16-17,19,27H,1,11-15H2,2-3H3,(H,28,29,30). The van der Waals surface area contributed by atoms with Crippen LogP contribution in [0.25, 0.3) is 16.9 Å². The fraction of sp³-hybridized carbons (Fsp3) is 0.346. The zero-order chi connectivity index (χ0) is 25.2. The normalized spacial score (nSPS) is 14.4. The van der Waals surface area contributed by atoms with Crippen LogP contribution in [0, 0.1) is 0 Å². The van der Waals surface area contributed by atoms with Crippen LogP contribution in [0.4, 0.5) is 11.6 Å². The first-order chi connectivity index (χ1) is 17.5. The lowest BCUT2D eigenvalue weighted by molar-refractivity contribution is 0.460. The largest absolute Gasteiger partial charge is 0.324 e. The van der Waals surface area contributed by atoms with Crippen LogP contribution in [-0.4, -0.2) is 42.2 Å². The molecular weight excluding hydrogens is 456 g/mol. The van der Waals surface area contributed by atoms with E-state index < -0.39 is 0 Å². The zero-order valence-electron chi connectivity index (χ0n) is 20.5. The third kappa shape index (κ3) is 4.47. The van der Waals surface area contributed by atoms with Crippen molar-refractivity contribution < 1.29 is 0 Å². The molecule has 2 N–H and O–H groups in total. The Morgan fingerprint density at radius 2 is 1.89 bits per heavy atom. The van der Waals surface area contributed by atoms with Crippen LogP contribution in [0.2, 0.25) is 0 Å². The molecule has 0 bridgehead atoms. The molecule has 0 unspecified atom stereocenters. The van der Waals surface area contributed by atoms with E-state index in [2.05, 4.69) is 44.4 Å². The second kappa shape index (κ2) is 9.90. The van der Waals surface area contributed by atoms with Gasteiger partial charge in [-0.1, -0.05) is 18.2 Å². The molecule has 0 spiro atoms. The summed E-state index contributed by atoms with van der Waals surface area (Å²) < 4.78 is 4.49. The quantitative estimate of drug-likeness (QED) is 0.386. The predicted molar refractivity (Wildman–Crippen MR) is 140 cm³/mol. The number of benzene rings is 1. The van der Waals surface area contributed by atoms with Crippen molar-refractivity contribution in [1.29, 1.82) is 0 Å². The van der Waals surface area contributed by atoms with Gasteiger partial charge in [0.15, 0.2) is 11.5 Å². The van der Waals surface area contributed by atoms with Crippen molar-refractivity contribution in [3.8, 4) is 5.82 Å². The van der Waals surface area contributed by atoms with Crippen LogP contribution in [0.15, 0.2) is 64.8 Å². The molecule has 5 rings (SSSR count). The molecule has 1 aliphatic heterocycles. The van der Waals surface area contributed by atoms with Crippen molar-refractivity contribution in [1.82, 2.24) is 34.4 Å². The maximum absolute atomic E-state index is 13.1. The average Bonchev–Trinajstić information content (AvgIpc) is 3.16. The molecule has 1 aromatic carbocycles. The number of anilines is 2. The number of nitrogens with zero attached hydrogens (tertiary/aromatic N) is 6. The fourth-order valence-electron chi connectivity index (χ4n) is 4.63. The van der Waals surface area contributed by atoms with Gasteiger partial charge in [-0.25, -0.2) is 19.0 Å². The minimum atomic E-state index is -0.258. The number of hydrogen-bond donors (Lipinski definition) is 2. The molecule has 3 aromatic heterocycles. The smallest absolute Gasteiger partial charge is 0.278 e. The van der Waals surface area contributed by atoms with Gasteiger partial charge in [0, 0.05) is 18.0 Å². The first kappa shape index (κ1) is 23.7.